The summed E-state index contributed by atoms with van der Waals surface area (Å²) in [6.07, 6.45) is 0. The van der Waals surface area contributed by atoms with Crippen LogP contribution in [-0.4, -0.2) is 37.2 Å². The number of hydrogen-bond donors (Lipinski definition) is 1. The summed E-state index contributed by atoms with van der Waals surface area (Å²) in [7, 11) is 0. The van der Waals surface area contributed by atoms with E-state index >= 15 is 0 Å². The average molecular weight is 303 g/mol. The zero-order valence-corrected chi connectivity index (χ0v) is 12.4. The summed E-state index contributed by atoms with van der Waals surface area (Å²) < 4.78 is 5.35. The summed E-state index contributed by atoms with van der Waals surface area (Å²) in [5.74, 6) is 0.885. The Kier molecular flexibility index (Phi) is 4.47. The van der Waals surface area contributed by atoms with Crippen molar-refractivity contribution in [3.63, 3.8) is 0 Å². The summed E-state index contributed by atoms with van der Waals surface area (Å²) in [4.78, 5) is 18.7. The van der Waals surface area contributed by atoms with Crippen LogP contribution in [0.15, 0.2) is 35.0 Å². The van der Waals surface area contributed by atoms with Crippen molar-refractivity contribution in [3.8, 4) is 0 Å². The summed E-state index contributed by atoms with van der Waals surface area (Å²) in [5.41, 5.74) is 1.56. The zero-order chi connectivity index (χ0) is 14.5. The second kappa shape index (κ2) is 6.69. The number of anilines is 1. The van der Waals surface area contributed by atoms with Crippen molar-refractivity contribution in [1.29, 1.82) is 0 Å². The molecule has 1 fully saturated rings. The lowest BCUT2D eigenvalue weighted by Crippen LogP contribution is -2.37. The Balaban J connectivity index is 1.62. The molecule has 1 aliphatic heterocycles. The molecule has 5 nitrogen and oxygen atoms in total. The molecule has 0 atom stereocenters. The summed E-state index contributed by atoms with van der Waals surface area (Å²) in [5, 5.41) is 6.63. The number of morpholine rings is 1. The number of hydrogen-bond acceptors (Lipinski definition) is 5. The van der Waals surface area contributed by atoms with Crippen molar-refractivity contribution in [2.24, 2.45) is 0 Å². The fourth-order valence-electron chi connectivity index (χ4n) is 2.20. The number of ether oxygens (including phenoxy) is 1. The Bertz CT molecular complexity index is 595. The van der Waals surface area contributed by atoms with E-state index in [-0.39, 0.29) is 5.91 Å². The van der Waals surface area contributed by atoms with Gasteiger partial charge in [0.1, 0.15) is 5.82 Å². The minimum absolute atomic E-state index is 0.0603. The van der Waals surface area contributed by atoms with E-state index in [0.29, 0.717) is 12.1 Å². The third-order valence-electron chi connectivity index (χ3n) is 3.34. The van der Waals surface area contributed by atoms with Gasteiger partial charge in [-0.15, -0.1) is 0 Å². The van der Waals surface area contributed by atoms with Crippen LogP contribution >= 0.6 is 11.3 Å². The molecular weight excluding hydrogens is 286 g/mol. The first-order chi connectivity index (χ1) is 10.3. The topological polar surface area (TPSA) is 54.5 Å². The Morgan fingerprint density at radius 2 is 2.19 bits per heavy atom. The van der Waals surface area contributed by atoms with Crippen molar-refractivity contribution in [3.05, 3.63) is 46.3 Å². The highest BCUT2D eigenvalue weighted by Crippen LogP contribution is 2.13. The van der Waals surface area contributed by atoms with Gasteiger partial charge in [0.05, 0.1) is 25.5 Å². The van der Waals surface area contributed by atoms with Crippen molar-refractivity contribution < 1.29 is 9.53 Å². The molecule has 3 rings (SSSR count). The first-order valence-electron chi connectivity index (χ1n) is 6.92. The van der Waals surface area contributed by atoms with Crippen molar-refractivity contribution in [2.45, 2.75) is 6.54 Å². The maximum absolute atomic E-state index is 11.9. The lowest BCUT2D eigenvalue weighted by Gasteiger charge is -2.28. The number of aromatic nitrogens is 1. The number of carbonyl (C=O) groups excluding carboxylic acids is 1. The van der Waals surface area contributed by atoms with Gasteiger partial charge in [0, 0.05) is 24.0 Å². The number of amides is 1. The van der Waals surface area contributed by atoms with Gasteiger partial charge in [0.25, 0.3) is 5.91 Å². The van der Waals surface area contributed by atoms with E-state index in [1.165, 1.54) is 11.3 Å². The molecule has 3 heterocycles. The van der Waals surface area contributed by atoms with E-state index in [4.69, 9.17) is 4.74 Å². The molecule has 6 heteroatoms. The van der Waals surface area contributed by atoms with Crippen LogP contribution in [0, 0.1) is 0 Å². The molecule has 1 N–H and O–H groups in total. The molecule has 1 amide bonds. The monoisotopic (exact) mass is 303 g/mol. The summed E-state index contributed by atoms with van der Waals surface area (Å²) >= 11 is 1.52. The van der Waals surface area contributed by atoms with Gasteiger partial charge in [-0.25, -0.2) is 4.98 Å². The fraction of sp³-hybridized carbons (Fsp3) is 0.333. The molecule has 2 aromatic heterocycles. The third kappa shape index (κ3) is 3.59. The van der Waals surface area contributed by atoms with Gasteiger partial charge >= 0.3 is 0 Å². The molecule has 110 valence electrons. The highest BCUT2D eigenvalue weighted by atomic mass is 32.1. The number of carbonyl (C=O) groups is 1. The van der Waals surface area contributed by atoms with Crippen molar-refractivity contribution in [1.82, 2.24) is 10.3 Å². The Morgan fingerprint density at radius 3 is 2.95 bits per heavy atom. The lowest BCUT2D eigenvalue weighted by atomic mass is 10.3. The standard InChI is InChI=1S/C15H17N3O2S/c19-15(12-4-9-21-11-12)16-10-13-2-1-3-14(17-13)18-5-7-20-8-6-18/h1-4,9,11H,5-8,10H2,(H,16,19). The van der Waals surface area contributed by atoms with E-state index in [0.717, 1.165) is 37.8 Å². The Hall–Kier alpha value is -1.92. The van der Waals surface area contributed by atoms with Crippen LogP contribution in [0.3, 0.4) is 0 Å². The number of nitrogens with one attached hydrogen (secondary N) is 1. The van der Waals surface area contributed by atoms with E-state index < -0.39 is 0 Å². The van der Waals surface area contributed by atoms with Crippen LogP contribution in [0.1, 0.15) is 16.1 Å². The maximum Gasteiger partial charge on any atom is 0.252 e. The third-order valence-corrected chi connectivity index (χ3v) is 4.02. The molecule has 1 saturated heterocycles. The summed E-state index contributed by atoms with van der Waals surface area (Å²) in [6, 6.07) is 7.72. The second-order valence-electron chi connectivity index (χ2n) is 4.78. The molecule has 1 aliphatic rings. The minimum Gasteiger partial charge on any atom is -0.378 e. The summed E-state index contributed by atoms with van der Waals surface area (Å²) in [6.45, 7) is 3.63. The van der Waals surface area contributed by atoms with Crippen molar-refractivity contribution in [2.75, 3.05) is 31.2 Å². The molecule has 0 radical (unpaired) electrons. The SMILES string of the molecule is O=C(NCc1cccc(N2CCOCC2)n1)c1ccsc1. The second-order valence-corrected chi connectivity index (χ2v) is 5.56. The number of thiophene rings is 1. The molecule has 0 aromatic carbocycles. The molecular formula is C15H17N3O2S. The van der Waals surface area contributed by atoms with Crippen molar-refractivity contribution >= 4 is 23.1 Å². The quantitative estimate of drug-likeness (QED) is 0.937. The highest BCUT2D eigenvalue weighted by Gasteiger charge is 2.13. The highest BCUT2D eigenvalue weighted by molar-refractivity contribution is 7.08. The van der Waals surface area contributed by atoms with Gasteiger partial charge < -0.3 is 15.0 Å². The Labute approximate surface area is 127 Å². The largest absolute Gasteiger partial charge is 0.378 e. The lowest BCUT2D eigenvalue weighted by molar-refractivity contribution is 0.0951. The van der Waals surface area contributed by atoms with Gasteiger partial charge in [-0.05, 0) is 23.6 Å². The first-order valence-corrected chi connectivity index (χ1v) is 7.86. The molecule has 21 heavy (non-hydrogen) atoms. The van der Waals surface area contributed by atoms with Gasteiger partial charge in [-0.2, -0.15) is 11.3 Å². The fourth-order valence-corrected chi connectivity index (χ4v) is 2.84. The number of pyridine rings is 1. The number of nitrogens with zero attached hydrogens (tertiary/aromatic N) is 2. The smallest absolute Gasteiger partial charge is 0.252 e. The van der Waals surface area contributed by atoms with Crippen LogP contribution in [0.2, 0.25) is 0 Å². The average Bonchev–Trinajstić information content (AvgIpc) is 3.08. The molecule has 0 saturated carbocycles. The molecule has 2 aromatic rings. The van der Waals surface area contributed by atoms with Gasteiger partial charge in [-0.1, -0.05) is 6.07 Å². The van der Waals surface area contributed by atoms with E-state index in [1.807, 2.05) is 35.0 Å². The minimum atomic E-state index is -0.0603. The molecule has 0 bridgehead atoms. The van der Waals surface area contributed by atoms with Gasteiger partial charge in [0.2, 0.25) is 0 Å². The van der Waals surface area contributed by atoms with Crippen LogP contribution in [0.5, 0.6) is 0 Å². The van der Waals surface area contributed by atoms with E-state index in [9.17, 15) is 4.79 Å². The van der Waals surface area contributed by atoms with Gasteiger partial charge in [-0.3, -0.25) is 4.79 Å². The van der Waals surface area contributed by atoms with Crippen LogP contribution in [0.25, 0.3) is 0 Å². The van der Waals surface area contributed by atoms with E-state index in [2.05, 4.69) is 15.2 Å². The zero-order valence-electron chi connectivity index (χ0n) is 11.6. The predicted molar refractivity (Wildman–Crippen MR) is 82.8 cm³/mol. The van der Waals surface area contributed by atoms with Crippen LogP contribution in [0.4, 0.5) is 5.82 Å². The Morgan fingerprint density at radius 1 is 1.33 bits per heavy atom. The predicted octanol–water partition coefficient (Wildman–Crippen LogP) is 1.91. The maximum atomic E-state index is 11.9. The number of rotatable bonds is 4. The molecule has 0 spiro atoms. The van der Waals surface area contributed by atoms with Crippen LogP contribution in [-0.2, 0) is 11.3 Å². The van der Waals surface area contributed by atoms with Crippen LogP contribution < -0.4 is 10.2 Å². The normalized spacial score (nSPS) is 15.0. The molecule has 0 aliphatic carbocycles. The van der Waals surface area contributed by atoms with Gasteiger partial charge in [0.15, 0.2) is 0 Å². The molecule has 0 unspecified atom stereocenters. The first kappa shape index (κ1) is 14.0. The van der Waals surface area contributed by atoms with E-state index in [1.54, 1.807) is 0 Å².